The number of rotatable bonds is 4. The maximum absolute atomic E-state index is 12.4. The zero-order valence-electron chi connectivity index (χ0n) is 14.2. The first kappa shape index (κ1) is 17.5. The van der Waals surface area contributed by atoms with Gasteiger partial charge in [-0.05, 0) is 27.7 Å². The van der Waals surface area contributed by atoms with Crippen LogP contribution in [0.15, 0.2) is 12.4 Å². The smallest absolute Gasteiger partial charge is 0.410 e. The van der Waals surface area contributed by atoms with Gasteiger partial charge in [0.25, 0.3) is 0 Å². The molecule has 0 saturated carbocycles. The van der Waals surface area contributed by atoms with Crippen LogP contribution in [-0.4, -0.2) is 58.0 Å². The fourth-order valence-corrected chi connectivity index (χ4v) is 2.40. The van der Waals surface area contributed by atoms with Crippen LogP contribution in [0.2, 0.25) is 0 Å². The van der Waals surface area contributed by atoms with Gasteiger partial charge in [0.15, 0.2) is 5.78 Å². The van der Waals surface area contributed by atoms with Gasteiger partial charge in [-0.25, -0.2) is 4.79 Å². The van der Waals surface area contributed by atoms with E-state index in [2.05, 4.69) is 5.10 Å². The summed E-state index contributed by atoms with van der Waals surface area (Å²) in [6, 6.07) is -0.309. The van der Waals surface area contributed by atoms with Gasteiger partial charge in [0.2, 0.25) is 0 Å². The van der Waals surface area contributed by atoms with Crippen molar-refractivity contribution in [1.82, 2.24) is 14.7 Å². The van der Waals surface area contributed by atoms with Crippen molar-refractivity contribution in [2.24, 2.45) is 0 Å². The molecule has 23 heavy (non-hydrogen) atoms. The molecule has 2 rings (SSSR count). The Bertz CT molecular complexity index is 562. The lowest BCUT2D eigenvalue weighted by atomic mass is 10.1. The van der Waals surface area contributed by atoms with Gasteiger partial charge < -0.3 is 14.4 Å². The first-order valence-corrected chi connectivity index (χ1v) is 7.93. The van der Waals surface area contributed by atoms with Gasteiger partial charge in [0.1, 0.15) is 5.60 Å². The number of carbonyl (C=O) groups is 2. The third-order valence-corrected chi connectivity index (χ3v) is 3.56. The number of morpholine rings is 1. The van der Waals surface area contributed by atoms with Gasteiger partial charge in [-0.2, -0.15) is 5.10 Å². The number of aryl methyl sites for hydroxylation is 1. The highest BCUT2D eigenvalue weighted by Gasteiger charge is 2.32. The SMILES string of the molecule is CCn1cc(C(=O)CC2COCCN2C(=O)OC(C)(C)C)cn1. The summed E-state index contributed by atoms with van der Waals surface area (Å²) < 4.78 is 12.6. The van der Waals surface area contributed by atoms with Crippen LogP contribution in [0.3, 0.4) is 0 Å². The minimum absolute atomic E-state index is 0.0474. The van der Waals surface area contributed by atoms with Gasteiger partial charge in [0.05, 0.1) is 31.0 Å². The second-order valence-electron chi connectivity index (χ2n) is 6.61. The standard InChI is InChI=1S/C16H25N3O4/c1-5-18-10-12(9-17-18)14(20)8-13-11-22-7-6-19(13)15(21)23-16(2,3)4/h9-10,13H,5-8,11H2,1-4H3. The predicted octanol–water partition coefficient (Wildman–Crippen LogP) is 2.11. The van der Waals surface area contributed by atoms with Crippen LogP contribution in [0.5, 0.6) is 0 Å². The van der Waals surface area contributed by atoms with E-state index in [1.807, 2.05) is 27.7 Å². The van der Waals surface area contributed by atoms with E-state index in [9.17, 15) is 9.59 Å². The van der Waals surface area contributed by atoms with Crippen molar-refractivity contribution in [1.29, 1.82) is 0 Å². The maximum Gasteiger partial charge on any atom is 0.410 e. The first-order valence-electron chi connectivity index (χ1n) is 7.93. The number of carbonyl (C=O) groups excluding carboxylic acids is 2. The van der Waals surface area contributed by atoms with Crippen LogP contribution in [-0.2, 0) is 16.0 Å². The Balaban J connectivity index is 2.03. The summed E-state index contributed by atoms with van der Waals surface area (Å²) in [4.78, 5) is 26.3. The number of hydrogen-bond acceptors (Lipinski definition) is 5. The minimum atomic E-state index is -0.563. The molecule has 7 nitrogen and oxygen atoms in total. The summed E-state index contributed by atoms with van der Waals surface area (Å²) in [5, 5.41) is 4.11. The lowest BCUT2D eigenvalue weighted by molar-refractivity contribution is -0.0322. The zero-order valence-corrected chi connectivity index (χ0v) is 14.2. The number of ketones is 1. The summed E-state index contributed by atoms with van der Waals surface area (Å²) in [5.41, 5.74) is -0.00628. The van der Waals surface area contributed by atoms with Crippen molar-refractivity contribution < 1.29 is 19.1 Å². The molecule has 1 aromatic rings. The van der Waals surface area contributed by atoms with Crippen LogP contribution in [0.4, 0.5) is 4.79 Å². The van der Waals surface area contributed by atoms with Gasteiger partial charge in [-0.1, -0.05) is 0 Å². The lowest BCUT2D eigenvalue weighted by Crippen LogP contribution is -2.51. The fourth-order valence-electron chi connectivity index (χ4n) is 2.40. The predicted molar refractivity (Wildman–Crippen MR) is 84.4 cm³/mol. The molecular formula is C16H25N3O4. The zero-order chi connectivity index (χ0) is 17.0. The molecule has 1 unspecified atom stereocenters. The molecule has 0 N–H and O–H groups in total. The highest BCUT2D eigenvalue weighted by molar-refractivity contribution is 5.96. The van der Waals surface area contributed by atoms with Crippen molar-refractivity contribution >= 4 is 11.9 Å². The van der Waals surface area contributed by atoms with Crippen LogP contribution in [0, 0.1) is 0 Å². The quantitative estimate of drug-likeness (QED) is 0.794. The molecule has 7 heteroatoms. The Morgan fingerprint density at radius 2 is 2.17 bits per heavy atom. The Morgan fingerprint density at radius 1 is 1.43 bits per heavy atom. The topological polar surface area (TPSA) is 73.7 Å². The Labute approximate surface area is 136 Å². The molecule has 1 saturated heterocycles. The van der Waals surface area contributed by atoms with E-state index in [0.717, 1.165) is 0 Å². The highest BCUT2D eigenvalue weighted by atomic mass is 16.6. The number of nitrogens with zero attached hydrogens (tertiary/aromatic N) is 3. The van der Waals surface area contributed by atoms with E-state index in [1.165, 1.54) is 0 Å². The Hall–Kier alpha value is -1.89. The largest absolute Gasteiger partial charge is 0.444 e. The lowest BCUT2D eigenvalue weighted by Gasteiger charge is -2.36. The molecule has 0 aliphatic carbocycles. The first-order chi connectivity index (χ1) is 10.8. The summed E-state index contributed by atoms with van der Waals surface area (Å²) in [7, 11) is 0. The molecule has 1 aliphatic rings. The van der Waals surface area contributed by atoms with Gasteiger partial charge in [-0.15, -0.1) is 0 Å². The molecule has 0 bridgehead atoms. The molecule has 1 aliphatic heterocycles. The number of hydrogen-bond donors (Lipinski definition) is 0. The van der Waals surface area contributed by atoms with Crippen LogP contribution < -0.4 is 0 Å². The molecule has 2 heterocycles. The monoisotopic (exact) mass is 323 g/mol. The molecule has 0 radical (unpaired) electrons. The van der Waals surface area contributed by atoms with Crippen LogP contribution >= 0.6 is 0 Å². The third kappa shape index (κ3) is 4.79. The molecule has 0 aromatic carbocycles. The second kappa shape index (κ2) is 7.12. The van der Waals surface area contributed by atoms with E-state index in [1.54, 1.807) is 22.0 Å². The molecule has 0 spiro atoms. The second-order valence-corrected chi connectivity index (χ2v) is 6.61. The van der Waals surface area contributed by atoms with Gasteiger partial charge >= 0.3 is 6.09 Å². The van der Waals surface area contributed by atoms with Gasteiger partial charge in [0, 0.05) is 25.7 Å². The van der Waals surface area contributed by atoms with Crippen molar-refractivity contribution in [3.05, 3.63) is 18.0 Å². The van der Waals surface area contributed by atoms with E-state index >= 15 is 0 Å². The van der Waals surface area contributed by atoms with Crippen LogP contribution in [0.25, 0.3) is 0 Å². The van der Waals surface area contributed by atoms with E-state index in [0.29, 0.717) is 31.9 Å². The van der Waals surface area contributed by atoms with Crippen molar-refractivity contribution in [3.63, 3.8) is 0 Å². The highest BCUT2D eigenvalue weighted by Crippen LogP contribution is 2.18. The van der Waals surface area contributed by atoms with Gasteiger partial charge in [-0.3, -0.25) is 9.48 Å². The average Bonchev–Trinajstić information content (AvgIpc) is 2.95. The molecule has 1 amide bonds. The maximum atomic E-state index is 12.4. The van der Waals surface area contributed by atoms with E-state index in [-0.39, 0.29) is 18.2 Å². The average molecular weight is 323 g/mol. The molecule has 1 fully saturated rings. The number of aromatic nitrogens is 2. The fraction of sp³-hybridized carbons (Fsp3) is 0.688. The van der Waals surface area contributed by atoms with E-state index < -0.39 is 11.7 Å². The summed E-state index contributed by atoms with van der Waals surface area (Å²) >= 11 is 0. The number of ether oxygens (including phenoxy) is 2. The molecule has 1 aromatic heterocycles. The summed E-state index contributed by atoms with van der Waals surface area (Å²) in [5.74, 6) is -0.0474. The number of amides is 1. The summed E-state index contributed by atoms with van der Waals surface area (Å²) in [6.07, 6.45) is 3.09. The normalized spacial score (nSPS) is 18.8. The number of Topliss-reactive ketones (excluding diaryl/α,β-unsaturated/α-hetero) is 1. The van der Waals surface area contributed by atoms with Crippen molar-refractivity contribution in [2.75, 3.05) is 19.8 Å². The van der Waals surface area contributed by atoms with Crippen LogP contribution in [0.1, 0.15) is 44.5 Å². The minimum Gasteiger partial charge on any atom is -0.444 e. The summed E-state index contributed by atoms with van der Waals surface area (Å²) in [6.45, 7) is 9.37. The Kier molecular flexibility index (Phi) is 5.41. The van der Waals surface area contributed by atoms with Crippen molar-refractivity contribution in [2.45, 2.75) is 52.3 Å². The molecule has 128 valence electrons. The molecular weight excluding hydrogens is 298 g/mol. The molecule has 1 atom stereocenters. The third-order valence-electron chi connectivity index (χ3n) is 3.56. The van der Waals surface area contributed by atoms with Crippen molar-refractivity contribution in [3.8, 4) is 0 Å². The van der Waals surface area contributed by atoms with E-state index in [4.69, 9.17) is 9.47 Å². The Morgan fingerprint density at radius 3 is 2.78 bits per heavy atom.